The quantitative estimate of drug-likeness (QED) is 0.604. The minimum atomic E-state index is -0.153. The van der Waals surface area contributed by atoms with Crippen molar-refractivity contribution < 1.29 is 9.59 Å². The first kappa shape index (κ1) is 10.7. The monoisotopic (exact) mass is 242 g/mol. The Bertz CT molecular complexity index is 429. The number of hydrogen-bond donors (Lipinski definition) is 0. The minimum Gasteiger partial charge on any atom is -0.303 e. The first-order chi connectivity index (χ1) is 7.13. The lowest BCUT2D eigenvalue weighted by molar-refractivity contribution is -0.109. The largest absolute Gasteiger partial charge is 0.303 e. The molecule has 1 fully saturated rings. The van der Waals surface area contributed by atoms with Crippen molar-refractivity contribution >= 4 is 35.3 Å². The number of aldehydes is 1. The lowest BCUT2D eigenvalue weighted by Crippen LogP contribution is -2.03. The number of ketones is 1. The maximum absolute atomic E-state index is 11.8. The van der Waals surface area contributed by atoms with Gasteiger partial charge in [0.1, 0.15) is 6.29 Å². The Morgan fingerprint density at radius 1 is 1.33 bits per heavy atom. The fourth-order valence-corrected chi connectivity index (χ4v) is 1.83. The van der Waals surface area contributed by atoms with E-state index in [1.54, 1.807) is 18.2 Å². The number of hydrogen-bond acceptors (Lipinski definition) is 2. The molecular weight excluding hydrogens is 235 g/mol. The van der Waals surface area contributed by atoms with E-state index in [4.69, 9.17) is 23.2 Å². The van der Waals surface area contributed by atoms with Gasteiger partial charge >= 0.3 is 0 Å². The van der Waals surface area contributed by atoms with Crippen LogP contribution in [0.15, 0.2) is 18.2 Å². The molecule has 1 aromatic carbocycles. The summed E-state index contributed by atoms with van der Waals surface area (Å²) in [4.78, 5) is 22.2. The summed E-state index contributed by atoms with van der Waals surface area (Å²) in [5.41, 5.74) is 0.527. The third-order valence-electron chi connectivity index (χ3n) is 2.56. The molecule has 0 aromatic heterocycles. The molecule has 1 saturated carbocycles. The SMILES string of the molecule is O=C[C@H]1C[C@@H]1C(=O)c1ccc(Cl)c(Cl)c1. The van der Waals surface area contributed by atoms with Crippen LogP contribution in [0.5, 0.6) is 0 Å². The van der Waals surface area contributed by atoms with E-state index < -0.39 is 0 Å². The van der Waals surface area contributed by atoms with Crippen molar-refractivity contribution in [1.29, 1.82) is 0 Å². The van der Waals surface area contributed by atoms with Crippen molar-refractivity contribution in [3.63, 3.8) is 0 Å². The molecule has 15 heavy (non-hydrogen) atoms. The van der Waals surface area contributed by atoms with Crippen LogP contribution in [0, 0.1) is 11.8 Å². The number of benzene rings is 1. The fourth-order valence-electron chi connectivity index (χ4n) is 1.53. The smallest absolute Gasteiger partial charge is 0.166 e. The van der Waals surface area contributed by atoms with Gasteiger partial charge in [0.05, 0.1) is 10.0 Å². The van der Waals surface area contributed by atoms with E-state index in [2.05, 4.69) is 0 Å². The summed E-state index contributed by atoms with van der Waals surface area (Å²) in [5.74, 6) is -0.280. The van der Waals surface area contributed by atoms with Crippen LogP contribution in [0.4, 0.5) is 0 Å². The Hall–Kier alpha value is -0.860. The topological polar surface area (TPSA) is 34.1 Å². The summed E-state index contributed by atoms with van der Waals surface area (Å²) in [6.45, 7) is 0. The third kappa shape index (κ3) is 2.06. The summed E-state index contributed by atoms with van der Waals surface area (Å²) in [6, 6.07) is 4.78. The number of halogens is 2. The van der Waals surface area contributed by atoms with Gasteiger partial charge in [-0.3, -0.25) is 4.79 Å². The van der Waals surface area contributed by atoms with Crippen molar-refractivity contribution in [3.05, 3.63) is 33.8 Å². The zero-order valence-electron chi connectivity index (χ0n) is 7.74. The van der Waals surface area contributed by atoms with Crippen LogP contribution in [-0.4, -0.2) is 12.1 Å². The summed E-state index contributed by atoms with van der Waals surface area (Å²) in [7, 11) is 0. The average molecular weight is 243 g/mol. The van der Waals surface area contributed by atoms with Crippen molar-refractivity contribution in [2.24, 2.45) is 11.8 Å². The van der Waals surface area contributed by atoms with Crippen LogP contribution in [0.3, 0.4) is 0 Å². The van der Waals surface area contributed by atoms with Crippen LogP contribution in [0.2, 0.25) is 10.0 Å². The van der Waals surface area contributed by atoms with Crippen LogP contribution in [-0.2, 0) is 4.79 Å². The van der Waals surface area contributed by atoms with Crippen molar-refractivity contribution in [3.8, 4) is 0 Å². The first-order valence-corrected chi connectivity index (χ1v) is 5.33. The van der Waals surface area contributed by atoms with Gasteiger partial charge in [-0.25, -0.2) is 0 Å². The summed E-state index contributed by atoms with van der Waals surface area (Å²) < 4.78 is 0. The highest BCUT2D eigenvalue weighted by atomic mass is 35.5. The Balaban J connectivity index is 2.20. The lowest BCUT2D eigenvalue weighted by atomic mass is 10.1. The molecule has 4 heteroatoms. The Kier molecular flexibility index (Phi) is 2.81. The highest BCUT2D eigenvalue weighted by molar-refractivity contribution is 6.42. The normalized spacial score (nSPS) is 23.6. The molecule has 0 amide bonds. The Morgan fingerprint density at radius 2 is 2.07 bits per heavy atom. The van der Waals surface area contributed by atoms with Crippen LogP contribution in [0.1, 0.15) is 16.8 Å². The van der Waals surface area contributed by atoms with E-state index in [9.17, 15) is 9.59 Å². The Labute approximate surface area is 97.2 Å². The lowest BCUT2D eigenvalue weighted by Gasteiger charge is -2.00. The molecule has 0 unspecified atom stereocenters. The fraction of sp³-hybridized carbons (Fsp3) is 0.273. The minimum absolute atomic E-state index is 0.0225. The zero-order chi connectivity index (χ0) is 11.0. The molecule has 2 nitrogen and oxygen atoms in total. The Morgan fingerprint density at radius 3 is 2.60 bits per heavy atom. The second-order valence-corrected chi connectivity index (χ2v) is 4.45. The molecule has 0 saturated heterocycles. The standard InChI is InChI=1S/C11H8Cl2O2/c12-9-2-1-6(4-10(9)13)11(15)8-3-7(8)5-14/h1-2,4-5,7-8H,3H2/t7-,8+/m1/s1. The molecule has 0 radical (unpaired) electrons. The van der Waals surface area contributed by atoms with Gasteiger partial charge in [0, 0.05) is 17.4 Å². The second-order valence-electron chi connectivity index (χ2n) is 3.64. The molecule has 0 spiro atoms. The van der Waals surface area contributed by atoms with Gasteiger partial charge in [0.15, 0.2) is 5.78 Å². The highest BCUT2D eigenvalue weighted by Gasteiger charge is 2.42. The average Bonchev–Trinajstić information content (AvgIpc) is 3.00. The molecule has 0 aliphatic heterocycles. The predicted octanol–water partition coefficient (Wildman–Crippen LogP) is 3.01. The maximum Gasteiger partial charge on any atom is 0.166 e. The predicted molar refractivity (Wildman–Crippen MR) is 58.5 cm³/mol. The molecule has 1 aliphatic carbocycles. The van der Waals surface area contributed by atoms with Crippen molar-refractivity contribution in [1.82, 2.24) is 0 Å². The number of Topliss-reactive ketones (excluding diaryl/α,β-unsaturated/α-hetero) is 1. The molecule has 1 aliphatic rings. The van der Waals surface area contributed by atoms with E-state index in [-0.39, 0.29) is 17.6 Å². The molecule has 78 valence electrons. The van der Waals surface area contributed by atoms with E-state index in [0.717, 1.165) is 6.29 Å². The zero-order valence-corrected chi connectivity index (χ0v) is 9.26. The second kappa shape index (κ2) is 3.95. The summed E-state index contributed by atoms with van der Waals surface area (Å²) in [6.07, 6.45) is 1.49. The van der Waals surface area contributed by atoms with Gasteiger partial charge in [0.25, 0.3) is 0 Å². The van der Waals surface area contributed by atoms with Gasteiger partial charge in [-0.15, -0.1) is 0 Å². The molecule has 2 rings (SSSR count). The molecule has 2 atom stereocenters. The van der Waals surface area contributed by atoms with Gasteiger partial charge in [-0.1, -0.05) is 23.2 Å². The van der Waals surface area contributed by atoms with Crippen molar-refractivity contribution in [2.75, 3.05) is 0 Å². The van der Waals surface area contributed by atoms with Gasteiger partial charge in [-0.2, -0.15) is 0 Å². The highest BCUT2D eigenvalue weighted by Crippen LogP contribution is 2.39. The van der Waals surface area contributed by atoms with Gasteiger partial charge < -0.3 is 4.79 Å². The number of rotatable bonds is 3. The number of carbonyl (C=O) groups is 2. The number of carbonyl (C=O) groups excluding carboxylic acids is 2. The van der Waals surface area contributed by atoms with E-state index in [1.165, 1.54) is 0 Å². The van der Waals surface area contributed by atoms with Gasteiger partial charge in [0.2, 0.25) is 0 Å². The summed E-state index contributed by atoms with van der Waals surface area (Å²) >= 11 is 11.5. The van der Waals surface area contributed by atoms with E-state index >= 15 is 0 Å². The summed E-state index contributed by atoms with van der Waals surface area (Å²) in [5, 5.41) is 0.793. The molecule has 1 aromatic rings. The molecular formula is C11H8Cl2O2. The van der Waals surface area contributed by atoms with Crippen LogP contribution < -0.4 is 0 Å². The van der Waals surface area contributed by atoms with Gasteiger partial charge in [-0.05, 0) is 24.6 Å². The van der Waals surface area contributed by atoms with E-state index in [1.807, 2.05) is 0 Å². The van der Waals surface area contributed by atoms with Crippen LogP contribution in [0.25, 0.3) is 0 Å². The van der Waals surface area contributed by atoms with Crippen LogP contribution >= 0.6 is 23.2 Å². The third-order valence-corrected chi connectivity index (χ3v) is 3.29. The van der Waals surface area contributed by atoms with Crippen molar-refractivity contribution in [2.45, 2.75) is 6.42 Å². The maximum atomic E-state index is 11.8. The molecule has 0 bridgehead atoms. The first-order valence-electron chi connectivity index (χ1n) is 4.58. The molecule has 0 N–H and O–H groups in total. The molecule has 0 heterocycles. The van der Waals surface area contributed by atoms with E-state index in [0.29, 0.717) is 22.0 Å².